The molecule has 0 rings (SSSR count). The number of halogens is 3. The fraction of sp³-hybridized carbons (Fsp3) is 0.778. The molecule has 1 N–H and O–H groups in total. The Morgan fingerprint density at radius 3 is 2.11 bits per heavy atom. The van der Waals surface area contributed by atoms with Crippen molar-refractivity contribution >= 4 is 11.9 Å². The highest BCUT2D eigenvalue weighted by molar-refractivity contribution is 5.82. The van der Waals surface area contributed by atoms with Gasteiger partial charge in [0.05, 0.1) is 13.0 Å². The summed E-state index contributed by atoms with van der Waals surface area (Å²) in [6, 6.07) is 0. The van der Waals surface area contributed by atoms with Gasteiger partial charge in [-0.3, -0.25) is 9.59 Å². The molecule has 6 nitrogen and oxygen atoms in total. The van der Waals surface area contributed by atoms with Crippen molar-refractivity contribution in [2.45, 2.75) is 18.9 Å². The topological polar surface area (TPSA) is 76.1 Å². The van der Waals surface area contributed by atoms with Crippen LogP contribution in [0.1, 0.15) is 6.42 Å². The number of aliphatic carboxylic acids is 1. The van der Waals surface area contributed by atoms with E-state index in [-0.39, 0.29) is 0 Å². The van der Waals surface area contributed by atoms with Gasteiger partial charge in [0, 0.05) is 20.8 Å². The number of nitrogens with zero attached hydrogens (tertiary/aromatic N) is 1. The molecule has 0 radical (unpaired) electrons. The second kappa shape index (κ2) is 7.17. The van der Waals surface area contributed by atoms with Gasteiger partial charge in [-0.25, -0.2) is 0 Å². The summed E-state index contributed by atoms with van der Waals surface area (Å²) in [5.74, 6) is -3.43. The highest BCUT2D eigenvalue weighted by Gasteiger charge is 2.43. The lowest BCUT2D eigenvalue weighted by molar-refractivity contribution is -0.192. The Kier molecular flexibility index (Phi) is 6.63. The number of ether oxygens (including phenoxy) is 2. The van der Waals surface area contributed by atoms with E-state index in [9.17, 15) is 22.8 Å². The molecule has 1 amide bonds. The van der Waals surface area contributed by atoms with E-state index in [1.165, 1.54) is 14.2 Å². The van der Waals surface area contributed by atoms with Gasteiger partial charge in [-0.1, -0.05) is 0 Å². The van der Waals surface area contributed by atoms with Crippen LogP contribution in [-0.2, 0) is 19.1 Å². The fourth-order valence-corrected chi connectivity index (χ4v) is 1.11. The van der Waals surface area contributed by atoms with Crippen molar-refractivity contribution in [3.8, 4) is 0 Å². The maximum absolute atomic E-state index is 12.3. The molecule has 0 saturated carbocycles. The molecule has 0 unspecified atom stereocenters. The van der Waals surface area contributed by atoms with Crippen LogP contribution in [0.5, 0.6) is 0 Å². The van der Waals surface area contributed by atoms with Crippen molar-refractivity contribution in [1.82, 2.24) is 4.90 Å². The molecule has 9 heteroatoms. The first-order valence-corrected chi connectivity index (χ1v) is 4.85. The summed E-state index contributed by atoms with van der Waals surface area (Å²) >= 11 is 0. The summed E-state index contributed by atoms with van der Waals surface area (Å²) in [5.41, 5.74) is 0. The molecule has 0 saturated heterocycles. The van der Waals surface area contributed by atoms with Gasteiger partial charge < -0.3 is 19.5 Å². The summed E-state index contributed by atoms with van der Waals surface area (Å²) in [7, 11) is 2.39. The minimum Gasteiger partial charge on any atom is -0.481 e. The van der Waals surface area contributed by atoms with Crippen LogP contribution in [-0.4, -0.2) is 61.7 Å². The molecule has 0 spiro atoms. The molecule has 0 heterocycles. The first kappa shape index (κ1) is 16.6. The third kappa shape index (κ3) is 5.82. The van der Waals surface area contributed by atoms with Gasteiger partial charge in [-0.2, -0.15) is 13.2 Å². The number of alkyl halides is 3. The summed E-state index contributed by atoms with van der Waals surface area (Å²) in [6.45, 7) is -1.07. The molecule has 0 aromatic rings. The molecule has 0 bridgehead atoms. The predicted molar refractivity (Wildman–Crippen MR) is 52.7 cm³/mol. The van der Waals surface area contributed by atoms with Crippen molar-refractivity contribution in [2.75, 3.05) is 27.3 Å². The lowest BCUT2D eigenvalue weighted by atomic mass is 10.3. The van der Waals surface area contributed by atoms with Crippen LogP contribution < -0.4 is 0 Å². The van der Waals surface area contributed by atoms with Crippen molar-refractivity contribution in [3.05, 3.63) is 0 Å². The number of carboxylic acids is 1. The van der Waals surface area contributed by atoms with Crippen molar-refractivity contribution in [2.24, 2.45) is 0 Å². The van der Waals surface area contributed by atoms with Gasteiger partial charge in [0.2, 0.25) is 0 Å². The number of carbonyl (C=O) groups is 2. The second-order valence-corrected chi connectivity index (χ2v) is 3.29. The van der Waals surface area contributed by atoms with Crippen LogP contribution >= 0.6 is 0 Å². The summed E-state index contributed by atoms with van der Waals surface area (Å²) in [5, 5.41) is 8.41. The molecule has 0 aromatic heterocycles. The van der Waals surface area contributed by atoms with Crippen LogP contribution in [0, 0.1) is 0 Å². The lowest BCUT2D eigenvalue weighted by Crippen LogP contribution is -2.46. The molecule has 0 aliphatic heterocycles. The van der Waals surface area contributed by atoms with Gasteiger partial charge in [-0.05, 0) is 0 Å². The van der Waals surface area contributed by atoms with E-state index in [0.29, 0.717) is 4.90 Å². The Labute approximate surface area is 101 Å². The summed E-state index contributed by atoms with van der Waals surface area (Å²) in [6.07, 6.45) is -6.71. The van der Waals surface area contributed by atoms with Gasteiger partial charge >= 0.3 is 18.1 Å². The minimum atomic E-state index is -5.06. The number of hydrogen-bond donors (Lipinski definition) is 1. The third-order valence-corrected chi connectivity index (χ3v) is 2.02. The highest BCUT2D eigenvalue weighted by atomic mass is 19.4. The van der Waals surface area contributed by atoms with E-state index in [1.54, 1.807) is 0 Å². The third-order valence-electron chi connectivity index (χ3n) is 2.02. The number of hydrogen-bond acceptors (Lipinski definition) is 4. The molecular weight excluding hydrogens is 259 g/mol. The molecule has 0 aromatic carbocycles. The van der Waals surface area contributed by atoms with E-state index in [0.717, 1.165) is 0 Å². The maximum atomic E-state index is 12.3. The standard InChI is InChI=1S/C9H14F3NO5/c1-17-7(18-2)5-13(4-3-6(14)15)8(16)9(10,11)12/h7H,3-5H2,1-2H3,(H,14,15). The van der Waals surface area contributed by atoms with Gasteiger partial charge in [-0.15, -0.1) is 0 Å². The van der Waals surface area contributed by atoms with E-state index >= 15 is 0 Å². The summed E-state index contributed by atoms with van der Waals surface area (Å²) < 4.78 is 46.1. The Bertz CT molecular complexity index is 290. The van der Waals surface area contributed by atoms with Crippen LogP contribution in [0.4, 0.5) is 13.2 Å². The normalized spacial score (nSPS) is 11.7. The monoisotopic (exact) mass is 273 g/mol. The number of rotatable bonds is 7. The molecule has 0 aliphatic carbocycles. The lowest BCUT2D eigenvalue weighted by Gasteiger charge is -2.26. The molecule has 106 valence electrons. The predicted octanol–water partition coefficient (Wildman–Crippen LogP) is 0.471. The smallest absolute Gasteiger partial charge is 0.471 e. The molecule has 0 fully saturated rings. The average molecular weight is 273 g/mol. The van der Waals surface area contributed by atoms with Crippen LogP contribution in [0.15, 0.2) is 0 Å². The van der Waals surface area contributed by atoms with E-state index in [4.69, 9.17) is 5.11 Å². The zero-order valence-electron chi connectivity index (χ0n) is 9.86. The Balaban J connectivity index is 4.71. The molecule has 0 atom stereocenters. The first-order valence-electron chi connectivity index (χ1n) is 4.85. The van der Waals surface area contributed by atoms with Crippen LogP contribution in [0.25, 0.3) is 0 Å². The maximum Gasteiger partial charge on any atom is 0.471 e. The SMILES string of the molecule is COC(CN(CCC(=O)O)C(=O)C(F)(F)F)OC. The van der Waals surface area contributed by atoms with Gasteiger partial charge in [0.1, 0.15) is 0 Å². The fourth-order valence-electron chi connectivity index (χ4n) is 1.11. The van der Waals surface area contributed by atoms with Gasteiger partial charge in [0.25, 0.3) is 0 Å². The first-order chi connectivity index (χ1) is 8.22. The van der Waals surface area contributed by atoms with Gasteiger partial charge in [0.15, 0.2) is 6.29 Å². The zero-order valence-corrected chi connectivity index (χ0v) is 9.86. The van der Waals surface area contributed by atoms with Crippen molar-refractivity contribution in [3.63, 3.8) is 0 Å². The number of carboxylic acid groups (broad SMARTS) is 1. The van der Waals surface area contributed by atoms with Crippen LogP contribution in [0.2, 0.25) is 0 Å². The van der Waals surface area contributed by atoms with E-state index < -0.39 is 43.9 Å². The minimum absolute atomic E-state index is 0.339. The number of carbonyl (C=O) groups excluding carboxylic acids is 1. The molecule has 0 aliphatic rings. The van der Waals surface area contributed by atoms with Crippen LogP contribution in [0.3, 0.4) is 0 Å². The largest absolute Gasteiger partial charge is 0.481 e. The second-order valence-electron chi connectivity index (χ2n) is 3.29. The average Bonchev–Trinajstić information content (AvgIpc) is 2.27. The summed E-state index contributed by atoms with van der Waals surface area (Å²) in [4.78, 5) is 21.7. The highest BCUT2D eigenvalue weighted by Crippen LogP contribution is 2.19. The number of amides is 1. The molecular formula is C9H14F3NO5. The number of methoxy groups -OCH3 is 2. The Morgan fingerprint density at radius 2 is 1.78 bits per heavy atom. The molecule has 18 heavy (non-hydrogen) atoms. The zero-order chi connectivity index (χ0) is 14.3. The van der Waals surface area contributed by atoms with Crippen molar-refractivity contribution in [1.29, 1.82) is 0 Å². The quantitative estimate of drug-likeness (QED) is 0.682. The van der Waals surface area contributed by atoms with Crippen molar-refractivity contribution < 1.29 is 37.3 Å². The van der Waals surface area contributed by atoms with E-state index in [2.05, 4.69) is 9.47 Å². The Hall–Kier alpha value is -1.35. The van der Waals surface area contributed by atoms with E-state index in [1.807, 2.05) is 0 Å². The Morgan fingerprint density at radius 1 is 1.28 bits per heavy atom.